The molecule has 0 amide bonds. The lowest BCUT2D eigenvalue weighted by Crippen LogP contribution is -2.43. The highest BCUT2D eigenvalue weighted by atomic mass is 35.5. The number of anilines is 1. The summed E-state index contributed by atoms with van der Waals surface area (Å²) in [5.74, 6) is 3.50. The summed E-state index contributed by atoms with van der Waals surface area (Å²) in [4.78, 5) is 24.8. The molecule has 2 saturated heterocycles. The first-order valence-corrected chi connectivity index (χ1v) is 12.2. The molecule has 0 atom stereocenters. The molecule has 0 bridgehead atoms. The molecule has 0 radical (unpaired) electrons. The number of halogens is 1. The Bertz CT molecular complexity index is 1320. The lowest BCUT2D eigenvalue weighted by Gasteiger charge is -2.28. The summed E-state index contributed by atoms with van der Waals surface area (Å²) < 4.78 is 9.86. The highest BCUT2D eigenvalue weighted by molar-refractivity contribution is 5.86. The fraction of sp³-hybridized carbons (Fsp3) is 0.500. The van der Waals surface area contributed by atoms with Crippen molar-refractivity contribution >= 4 is 40.4 Å². The number of hydrogen-bond donors (Lipinski definition) is 1. The van der Waals surface area contributed by atoms with Crippen molar-refractivity contribution in [2.45, 2.75) is 19.9 Å². The first-order chi connectivity index (χ1) is 16.7. The van der Waals surface area contributed by atoms with E-state index in [-0.39, 0.29) is 12.4 Å². The Hall–Kier alpha value is -2.79. The van der Waals surface area contributed by atoms with Gasteiger partial charge in [-0.1, -0.05) is 19.1 Å². The molecule has 6 rings (SSSR count). The monoisotopic (exact) mass is 497 g/mol. The molecule has 5 heterocycles. The Balaban J connectivity index is 0.00000253. The molecule has 3 aromatic heterocycles. The van der Waals surface area contributed by atoms with Gasteiger partial charge in [0.15, 0.2) is 17.0 Å². The van der Waals surface area contributed by atoms with Crippen LogP contribution in [0, 0.1) is 0 Å². The predicted octanol–water partition coefficient (Wildman–Crippen LogP) is 1.93. The third-order valence-electron chi connectivity index (χ3n) is 6.81. The van der Waals surface area contributed by atoms with Crippen molar-refractivity contribution in [1.82, 2.24) is 39.3 Å². The minimum absolute atomic E-state index is 0. The molecule has 0 unspecified atom stereocenters. The number of imidazole rings is 2. The molecule has 2 fully saturated rings. The normalized spacial score (nSPS) is 17.3. The van der Waals surface area contributed by atoms with Gasteiger partial charge in [0.1, 0.15) is 11.6 Å². The molecule has 0 saturated carbocycles. The molecular formula is C24H32ClN9O. The van der Waals surface area contributed by atoms with E-state index >= 15 is 0 Å². The highest BCUT2D eigenvalue weighted by Crippen LogP contribution is 2.28. The van der Waals surface area contributed by atoms with Crippen LogP contribution in [0.1, 0.15) is 18.6 Å². The van der Waals surface area contributed by atoms with E-state index in [9.17, 15) is 0 Å². The zero-order valence-electron chi connectivity index (χ0n) is 20.3. The summed E-state index contributed by atoms with van der Waals surface area (Å²) in [6.45, 7) is 9.97. The van der Waals surface area contributed by atoms with Crippen LogP contribution >= 0.6 is 12.4 Å². The maximum atomic E-state index is 5.62. The van der Waals surface area contributed by atoms with Crippen molar-refractivity contribution in [2.24, 2.45) is 7.05 Å². The molecule has 0 aliphatic carbocycles. The van der Waals surface area contributed by atoms with Crippen LogP contribution in [0.2, 0.25) is 0 Å². The number of aryl methyl sites for hydroxylation is 2. The standard InChI is InChI=1S/C24H31N9O.ClH/c1-3-19-26-17-6-4-5-7-18(17)33(19)24-28-22-21(23(29-24)32-12-14-34-15-13-32)27-20(30(22)2)16-31-10-8-25-9-11-31;/h4-7,25H,3,8-16H2,1-2H3;1H. The number of morpholine rings is 1. The first-order valence-electron chi connectivity index (χ1n) is 12.2. The van der Waals surface area contributed by atoms with E-state index in [1.54, 1.807) is 0 Å². The van der Waals surface area contributed by atoms with Crippen molar-refractivity contribution in [3.8, 4) is 5.95 Å². The van der Waals surface area contributed by atoms with E-state index in [2.05, 4.69) is 44.3 Å². The smallest absolute Gasteiger partial charge is 0.239 e. The number of para-hydroxylation sites is 2. The van der Waals surface area contributed by atoms with Crippen molar-refractivity contribution in [3.63, 3.8) is 0 Å². The maximum absolute atomic E-state index is 5.62. The summed E-state index contributed by atoms with van der Waals surface area (Å²) in [5.41, 5.74) is 3.70. The van der Waals surface area contributed by atoms with Crippen LogP contribution < -0.4 is 10.2 Å². The number of fused-ring (bicyclic) bond motifs is 2. The highest BCUT2D eigenvalue weighted by Gasteiger charge is 2.25. The van der Waals surface area contributed by atoms with Gasteiger partial charge in [0.25, 0.3) is 0 Å². The van der Waals surface area contributed by atoms with E-state index in [4.69, 9.17) is 24.7 Å². The largest absolute Gasteiger partial charge is 0.378 e. The lowest BCUT2D eigenvalue weighted by atomic mass is 10.3. The average Bonchev–Trinajstić information content (AvgIpc) is 3.42. The Labute approximate surface area is 210 Å². The summed E-state index contributed by atoms with van der Waals surface area (Å²) in [6, 6.07) is 8.19. The van der Waals surface area contributed by atoms with Gasteiger partial charge in [0.05, 0.1) is 30.8 Å². The number of ether oxygens (including phenoxy) is 1. The third-order valence-corrected chi connectivity index (χ3v) is 6.81. The van der Waals surface area contributed by atoms with Gasteiger partial charge < -0.3 is 19.5 Å². The van der Waals surface area contributed by atoms with Gasteiger partial charge in [0.2, 0.25) is 5.95 Å². The molecule has 4 aromatic rings. The van der Waals surface area contributed by atoms with Crippen molar-refractivity contribution < 1.29 is 4.74 Å². The zero-order chi connectivity index (χ0) is 23.1. The summed E-state index contributed by atoms with van der Waals surface area (Å²) in [6.07, 6.45) is 0.794. The summed E-state index contributed by atoms with van der Waals surface area (Å²) in [7, 11) is 2.07. The topological polar surface area (TPSA) is 89.2 Å². The van der Waals surface area contributed by atoms with Crippen LogP contribution in [-0.2, 0) is 24.8 Å². The van der Waals surface area contributed by atoms with Gasteiger partial charge >= 0.3 is 0 Å². The van der Waals surface area contributed by atoms with Crippen LogP contribution in [-0.4, -0.2) is 86.5 Å². The molecule has 11 heteroatoms. The number of piperazine rings is 1. The van der Waals surface area contributed by atoms with Gasteiger partial charge in [-0.25, -0.2) is 9.97 Å². The molecule has 2 aliphatic heterocycles. The van der Waals surface area contributed by atoms with Crippen molar-refractivity contribution in [2.75, 3.05) is 57.4 Å². The molecule has 10 nitrogen and oxygen atoms in total. The molecule has 1 aromatic carbocycles. The van der Waals surface area contributed by atoms with Crippen LogP contribution in [0.5, 0.6) is 0 Å². The van der Waals surface area contributed by atoms with Gasteiger partial charge in [0, 0.05) is 52.7 Å². The molecular weight excluding hydrogens is 466 g/mol. The van der Waals surface area contributed by atoms with Gasteiger partial charge in [-0.15, -0.1) is 12.4 Å². The van der Waals surface area contributed by atoms with Crippen LogP contribution in [0.15, 0.2) is 24.3 Å². The van der Waals surface area contributed by atoms with Gasteiger partial charge in [-0.2, -0.15) is 9.97 Å². The van der Waals surface area contributed by atoms with Crippen LogP contribution in [0.3, 0.4) is 0 Å². The SMILES string of the molecule is CCc1nc2ccccc2n1-c1nc(N2CCOCC2)c2nc(CN3CCNCC3)n(C)c2n1.Cl. The van der Waals surface area contributed by atoms with Crippen LogP contribution in [0.25, 0.3) is 28.1 Å². The van der Waals surface area contributed by atoms with E-state index < -0.39 is 0 Å². The quantitative estimate of drug-likeness (QED) is 0.447. The van der Waals surface area contributed by atoms with E-state index in [0.717, 1.165) is 91.9 Å². The summed E-state index contributed by atoms with van der Waals surface area (Å²) in [5, 5.41) is 3.42. The Kier molecular flexibility index (Phi) is 6.88. The molecule has 2 aliphatic rings. The third kappa shape index (κ3) is 4.35. The Morgan fingerprint density at radius 2 is 1.71 bits per heavy atom. The fourth-order valence-electron chi connectivity index (χ4n) is 4.92. The van der Waals surface area contributed by atoms with Crippen molar-refractivity contribution in [3.05, 3.63) is 35.9 Å². The Morgan fingerprint density at radius 1 is 0.943 bits per heavy atom. The molecule has 186 valence electrons. The number of aromatic nitrogens is 6. The van der Waals surface area contributed by atoms with Gasteiger partial charge in [-0.05, 0) is 12.1 Å². The predicted molar refractivity (Wildman–Crippen MR) is 139 cm³/mol. The number of nitrogens with one attached hydrogen (secondary N) is 1. The number of hydrogen-bond acceptors (Lipinski definition) is 8. The second-order valence-corrected chi connectivity index (χ2v) is 8.94. The number of nitrogens with zero attached hydrogens (tertiary/aromatic N) is 8. The molecule has 1 N–H and O–H groups in total. The second-order valence-electron chi connectivity index (χ2n) is 8.94. The molecule has 35 heavy (non-hydrogen) atoms. The first kappa shape index (κ1) is 23.9. The van der Waals surface area contributed by atoms with Gasteiger partial charge in [-0.3, -0.25) is 9.47 Å². The summed E-state index contributed by atoms with van der Waals surface area (Å²) >= 11 is 0. The number of benzene rings is 1. The molecule has 0 spiro atoms. The zero-order valence-corrected chi connectivity index (χ0v) is 21.1. The lowest BCUT2D eigenvalue weighted by molar-refractivity contribution is 0.122. The van der Waals surface area contributed by atoms with Crippen LogP contribution in [0.4, 0.5) is 5.82 Å². The van der Waals surface area contributed by atoms with Crippen molar-refractivity contribution in [1.29, 1.82) is 0 Å². The minimum Gasteiger partial charge on any atom is -0.378 e. The van der Waals surface area contributed by atoms with E-state index in [1.165, 1.54) is 0 Å². The van der Waals surface area contributed by atoms with E-state index in [0.29, 0.717) is 19.2 Å². The minimum atomic E-state index is 0. The number of rotatable bonds is 5. The Morgan fingerprint density at radius 3 is 2.49 bits per heavy atom. The maximum Gasteiger partial charge on any atom is 0.239 e. The fourth-order valence-corrected chi connectivity index (χ4v) is 4.92. The average molecular weight is 498 g/mol. The van der Waals surface area contributed by atoms with E-state index in [1.807, 2.05) is 18.2 Å². The second kappa shape index (κ2) is 10.1.